The molecule has 1 N–H and O–H groups in total. The zero-order valence-electron chi connectivity index (χ0n) is 8.76. The Labute approximate surface area is 84.1 Å². The second kappa shape index (κ2) is 4.65. The van der Waals surface area contributed by atoms with E-state index < -0.39 is 0 Å². The van der Waals surface area contributed by atoms with E-state index in [2.05, 4.69) is 5.32 Å². The third-order valence-corrected chi connectivity index (χ3v) is 1.97. The highest BCUT2D eigenvalue weighted by Crippen LogP contribution is 2.19. The molecule has 0 aliphatic rings. The Morgan fingerprint density at radius 3 is 2.79 bits per heavy atom. The second-order valence-electron chi connectivity index (χ2n) is 3.23. The average Bonchev–Trinajstić information content (AvgIpc) is 2.15. The van der Waals surface area contributed by atoms with Crippen molar-refractivity contribution in [3.05, 3.63) is 29.3 Å². The molecule has 0 spiro atoms. The van der Waals surface area contributed by atoms with Crippen LogP contribution in [0.5, 0.6) is 5.75 Å². The molecule has 0 aliphatic heterocycles. The molecule has 0 saturated heterocycles. The Balaban J connectivity index is 2.80. The van der Waals surface area contributed by atoms with Crippen LogP contribution in [0.4, 0.5) is 0 Å². The van der Waals surface area contributed by atoms with Crippen LogP contribution in [-0.2, 0) is 11.3 Å². The van der Waals surface area contributed by atoms with E-state index in [4.69, 9.17) is 4.74 Å². The molecule has 3 heteroatoms. The molecule has 0 unspecified atom stereocenters. The van der Waals surface area contributed by atoms with Crippen LogP contribution in [0.25, 0.3) is 0 Å². The third-order valence-electron chi connectivity index (χ3n) is 1.97. The number of rotatable bonds is 3. The first kappa shape index (κ1) is 10.6. The molecular formula is C11H15NO2. The van der Waals surface area contributed by atoms with Crippen molar-refractivity contribution in [2.75, 3.05) is 7.11 Å². The fourth-order valence-electron chi connectivity index (χ4n) is 1.22. The third kappa shape index (κ3) is 2.76. The Hall–Kier alpha value is -1.51. The van der Waals surface area contributed by atoms with Gasteiger partial charge in [0.15, 0.2) is 0 Å². The topological polar surface area (TPSA) is 38.3 Å². The van der Waals surface area contributed by atoms with Crippen molar-refractivity contribution in [2.24, 2.45) is 0 Å². The lowest BCUT2D eigenvalue weighted by Gasteiger charge is -2.09. The van der Waals surface area contributed by atoms with Gasteiger partial charge in [0.25, 0.3) is 0 Å². The van der Waals surface area contributed by atoms with Gasteiger partial charge in [-0.25, -0.2) is 0 Å². The minimum atomic E-state index is -0.0346. The van der Waals surface area contributed by atoms with Crippen molar-refractivity contribution in [3.8, 4) is 5.75 Å². The Kier molecular flexibility index (Phi) is 3.51. The van der Waals surface area contributed by atoms with E-state index in [0.717, 1.165) is 16.9 Å². The van der Waals surface area contributed by atoms with Crippen LogP contribution in [0.1, 0.15) is 18.1 Å². The van der Waals surface area contributed by atoms with Crippen molar-refractivity contribution in [1.82, 2.24) is 5.32 Å². The minimum absolute atomic E-state index is 0.0346. The lowest BCUT2D eigenvalue weighted by molar-refractivity contribution is -0.119. The summed E-state index contributed by atoms with van der Waals surface area (Å²) in [6.07, 6.45) is 0. The summed E-state index contributed by atoms with van der Waals surface area (Å²) in [7, 11) is 1.63. The maximum absolute atomic E-state index is 10.7. The number of hydrogen-bond acceptors (Lipinski definition) is 2. The van der Waals surface area contributed by atoms with Gasteiger partial charge in [0.05, 0.1) is 7.11 Å². The van der Waals surface area contributed by atoms with E-state index in [1.54, 1.807) is 7.11 Å². The molecule has 3 nitrogen and oxygen atoms in total. The van der Waals surface area contributed by atoms with Crippen molar-refractivity contribution < 1.29 is 9.53 Å². The number of carbonyl (C=O) groups excluding carboxylic acids is 1. The number of amides is 1. The zero-order chi connectivity index (χ0) is 10.6. The highest BCUT2D eigenvalue weighted by atomic mass is 16.5. The van der Waals surface area contributed by atoms with E-state index in [9.17, 15) is 4.79 Å². The van der Waals surface area contributed by atoms with Gasteiger partial charge in [0.1, 0.15) is 5.75 Å². The van der Waals surface area contributed by atoms with Gasteiger partial charge >= 0.3 is 0 Å². The summed E-state index contributed by atoms with van der Waals surface area (Å²) in [5.41, 5.74) is 2.14. The predicted octanol–water partition coefficient (Wildman–Crippen LogP) is 1.64. The molecule has 76 valence electrons. The number of hydrogen-bond donors (Lipinski definition) is 1. The summed E-state index contributed by atoms with van der Waals surface area (Å²) in [4.78, 5) is 10.7. The van der Waals surface area contributed by atoms with Crippen LogP contribution in [0.2, 0.25) is 0 Å². The zero-order valence-corrected chi connectivity index (χ0v) is 8.76. The van der Waals surface area contributed by atoms with Crippen LogP contribution in [-0.4, -0.2) is 13.0 Å². The van der Waals surface area contributed by atoms with E-state index in [1.807, 2.05) is 25.1 Å². The van der Waals surface area contributed by atoms with Gasteiger partial charge < -0.3 is 10.1 Å². The predicted molar refractivity (Wildman–Crippen MR) is 55.3 cm³/mol. The summed E-state index contributed by atoms with van der Waals surface area (Å²) in [6.45, 7) is 4.02. The molecule has 1 aromatic carbocycles. The standard InChI is InChI=1S/C11H15NO2/c1-8-4-5-10(7-12-9(2)13)11(6-8)14-3/h4-6H,7H2,1-3H3,(H,12,13). The normalized spacial score (nSPS) is 9.64. The summed E-state index contributed by atoms with van der Waals surface area (Å²) < 4.78 is 5.21. The SMILES string of the molecule is COc1cc(C)ccc1CNC(C)=O. The van der Waals surface area contributed by atoms with Crippen molar-refractivity contribution in [2.45, 2.75) is 20.4 Å². The van der Waals surface area contributed by atoms with E-state index >= 15 is 0 Å². The minimum Gasteiger partial charge on any atom is -0.496 e. The summed E-state index contributed by atoms with van der Waals surface area (Å²) in [5, 5.41) is 2.74. The van der Waals surface area contributed by atoms with E-state index in [-0.39, 0.29) is 5.91 Å². The first-order valence-electron chi connectivity index (χ1n) is 4.51. The smallest absolute Gasteiger partial charge is 0.217 e. The maximum Gasteiger partial charge on any atom is 0.217 e. The molecule has 0 radical (unpaired) electrons. The van der Waals surface area contributed by atoms with Crippen LogP contribution in [0.15, 0.2) is 18.2 Å². The van der Waals surface area contributed by atoms with Crippen LogP contribution in [0, 0.1) is 6.92 Å². The second-order valence-corrected chi connectivity index (χ2v) is 3.23. The van der Waals surface area contributed by atoms with Crippen LogP contribution >= 0.6 is 0 Å². The number of aryl methyl sites for hydroxylation is 1. The van der Waals surface area contributed by atoms with E-state index in [0.29, 0.717) is 6.54 Å². The average molecular weight is 193 g/mol. The first-order valence-corrected chi connectivity index (χ1v) is 4.51. The van der Waals surface area contributed by atoms with Gasteiger partial charge in [0, 0.05) is 19.0 Å². The summed E-state index contributed by atoms with van der Waals surface area (Å²) in [5.74, 6) is 0.784. The first-order chi connectivity index (χ1) is 6.63. The largest absolute Gasteiger partial charge is 0.496 e. The maximum atomic E-state index is 10.7. The highest BCUT2D eigenvalue weighted by molar-refractivity contribution is 5.72. The van der Waals surface area contributed by atoms with Crippen LogP contribution in [0.3, 0.4) is 0 Å². The molecule has 1 rings (SSSR count). The fraction of sp³-hybridized carbons (Fsp3) is 0.364. The van der Waals surface area contributed by atoms with Gasteiger partial charge in [0.2, 0.25) is 5.91 Å². The molecule has 1 aromatic rings. The lowest BCUT2D eigenvalue weighted by atomic mass is 10.1. The van der Waals surface area contributed by atoms with Crippen molar-refractivity contribution >= 4 is 5.91 Å². The highest BCUT2D eigenvalue weighted by Gasteiger charge is 2.02. The summed E-state index contributed by atoms with van der Waals surface area (Å²) >= 11 is 0. The number of methoxy groups -OCH3 is 1. The fourth-order valence-corrected chi connectivity index (χ4v) is 1.22. The monoisotopic (exact) mass is 193 g/mol. The molecule has 14 heavy (non-hydrogen) atoms. The van der Waals surface area contributed by atoms with E-state index in [1.165, 1.54) is 6.92 Å². The molecule has 0 aromatic heterocycles. The van der Waals surface area contributed by atoms with Crippen LogP contribution < -0.4 is 10.1 Å². The number of benzene rings is 1. The van der Waals surface area contributed by atoms with Crippen molar-refractivity contribution in [3.63, 3.8) is 0 Å². The van der Waals surface area contributed by atoms with Crippen molar-refractivity contribution in [1.29, 1.82) is 0 Å². The number of nitrogens with one attached hydrogen (secondary N) is 1. The quantitative estimate of drug-likeness (QED) is 0.792. The molecule has 0 heterocycles. The Bertz CT molecular complexity index is 334. The molecule has 1 amide bonds. The molecule has 0 fully saturated rings. The van der Waals surface area contributed by atoms with Gasteiger partial charge in [-0.2, -0.15) is 0 Å². The number of ether oxygens (including phenoxy) is 1. The van der Waals surface area contributed by atoms with Gasteiger partial charge in [-0.1, -0.05) is 12.1 Å². The molecular weight excluding hydrogens is 178 g/mol. The van der Waals surface area contributed by atoms with Gasteiger partial charge in [-0.15, -0.1) is 0 Å². The van der Waals surface area contributed by atoms with Gasteiger partial charge in [-0.05, 0) is 18.6 Å². The lowest BCUT2D eigenvalue weighted by Crippen LogP contribution is -2.19. The molecule has 0 aliphatic carbocycles. The molecule has 0 atom stereocenters. The molecule has 0 bridgehead atoms. The number of carbonyl (C=O) groups is 1. The van der Waals surface area contributed by atoms with Gasteiger partial charge in [-0.3, -0.25) is 4.79 Å². The molecule has 0 saturated carbocycles. The Morgan fingerprint density at radius 2 is 2.21 bits per heavy atom. The Morgan fingerprint density at radius 1 is 1.50 bits per heavy atom. The summed E-state index contributed by atoms with van der Waals surface area (Å²) in [6, 6.07) is 5.92.